The van der Waals surface area contributed by atoms with Crippen molar-refractivity contribution in [1.82, 2.24) is 4.90 Å². The predicted octanol–water partition coefficient (Wildman–Crippen LogP) is 2.94. The highest BCUT2D eigenvalue weighted by Gasteiger charge is 2.35. The molecule has 0 saturated heterocycles. The second-order valence-corrected chi connectivity index (χ2v) is 5.71. The maximum Gasteiger partial charge on any atom is 0.230 e. The van der Waals surface area contributed by atoms with Gasteiger partial charge in [-0.3, -0.25) is 4.79 Å². The molecule has 0 aliphatic carbocycles. The molecule has 0 radical (unpaired) electrons. The maximum atomic E-state index is 12.5. The Kier molecular flexibility index (Phi) is 2.77. The largest absolute Gasteiger partial charge is 0.497 e. The number of hydrogen-bond donors (Lipinski definition) is 0. The van der Waals surface area contributed by atoms with Gasteiger partial charge >= 0.3 is 0 Å². The monoisotopic (exact) mass is 248 g/mol. The molecular formula is C15H21NO2. The van der Waals surface area contributed by atoms with E-state index in [2.05, 4.69) is 0 Å². The summed E-state index contributed by atoms with van der Waals surface area (Å²) in [4.78, 5) is 14.4. The van der Waals surface area contributed by atoms with Crippen molar-refractivity contribution in [2.75, 3.05) is 7.11 Å². The van der Waals surface area contributed by atoms with E-state index >= 15 is 0 Å². The predicted molar refractivity (Wildman–Crippen MR) is 71.7 cm³/mol. The lowest BCUT2D eigenvalue weighted by Gasteiger charge is -2.41. The van der Waals surface area contributed by atoms with E-state index in [1.165, 1.54) is 0 Å². The minimum Gasteiger partial charge on any atom is -0.497 e. The fraction of sp³-hybridized carbons (Fsp3) is 0.533. The number of rotatable bonds is 1. The first-order valence-corrected chi connectivity index (χ1v) is 6.16. The molecule has 1 heterocycles. The normalized spacial score (nSPS) is 20.4. The number of benzene rings is 1. The molecule has 0 fully saturated rings. The van der Waals surface area contributed by atoms with Gasteiger partial charge in [0.2, 0.25) is 5.91 Å². The van der Waals surface area contributed by atoms with Gasteiger partial charge < -0.3 is 9.64 Å². The SMILES string of the molecule is [2H]CC1C(=O)N(C(C)(C)C)Cc2cc(OC)ccc21. The van der Waals surface area contributed by atoms with Crippen molar-refractivity contribution in [3.8, 4) is 5.75 Å². The fourth-order valence-electron chi connectivity index (χ4n) is 2.32. The topological polar surface area (TPSA) is 29.5 Å². The molecule has 1 amide bonds. The van der Waals surface area contributed by atoms with Crippen LogP contribution in [0.15, 0.2) is 18.2 Å². The van der Waals surface area contributed by atoms with Crippen LogP contribution in [-0.4, -0.2) is 23.5 Å². The zero-order valence-corrected chi connectivity index (χ0v) is 11.5. The number of methoxy groups -OCH3 is 1. The number of ether oxygens (including phenoxy) is 1. The summed E-state index contributed by atoms with van der Waals surface area (Å²) in [6.45, 7) is 6.75. The second-order valence-electron chi connectivity index (χ2n) is 5.71. The molecule has 1 atom stereocenters. The minimum atomic E-state index is -0.353. The summed E-state index contributed by atoms with van der Waals surface area (Å²) in [6, 6.07) is 5.76. The zero-order valence-electron chi connectivity index (χ0n) is 12.5. The first-order chi connectivity index (χ1) is 8.88. The lowest BCUT2D eigenvalue weighted by atomic mass is 9.87. The molecule has 0 spiro atoms. The van der Waals surface area contributed by atoms with Crippen LogP contribution in [0.1, 0.15) is 46.1 Å². The van der Waals surface area contributed by atoms with E-state index in [1.807, 2.05) is 43.9 Å². The molecule has 1 unspecified atom stereocenters. The van der Waals surface area contributed by atoms with E-state index in [4.69, 9.17) is 6.11 Å². The molecule has 0 bridgehead atoms. The Morgan fingerprint density at radius 3 is 2.72 bits per heavy atom. The molecule has 0 saturated carbocycles. The van der Waals surface area contributed by atoms with Crippen molar-refractivity contribution >= 4 is 5.91 Å². The van der Waals surface area contributed by atoms with Crippen molar-refractivity contribution in [3.63, 3.8) is 0 Å². The van der Waals surface area contributed by atoms with E-state index in [9.17, 15) is 4.79 Å². The van der Waals surface area contributed by atoms with Gasteiger partial charge in [0.1, 0.15) is 5.75 Å². The summed E-state index contributed by atoms with van der Waals surface area (Å²) in [5.74, 6) is 0.500. The van der Waals surface area contributed by atoms with Crippen LogP contribution in [0.5, 0.6) is 5.75 Å². The molecule has 18 heavy (non-hydrogen) atoms. The molecule has 0 aromatic heterocycles. The van der Waals surface area contributed by atoms with E-state index in [1.54, 1.807) is 7.11 Å². The van der Waals surface area contributed by atoms with Crippen molar-refractivity contribution < 1.29 is 10.9 Å². The Labute approximate surface area is 110 Å². The Bertz CT molecular complexity index is 493. The quantitative estimate of drug-likeness (QED) is 0.764. The van der Waals surface area contributed by atoms with Crippen LogP contribution in [0.4, 0.5) is 0 Å². The Balaban J connectivity index is 2.48. The average molecular weight is 248 g/mol. The van der Waals surface area contributed by atoms with E-state index in [0.717, 1.165) is 16.9 Å². The molecule has 98 valence electrons. The van der Waals surface area contributed by atoms with Gasteiger partial charge in [-0.25, -0.2) is 0 Å². The zero-order chi connectivity index (χ0) is 14.2. The third-order valence-electron chi connectivity index (χ3n) is 3.43. The number of fused-ring (bicyclic) bond motifs is 1. The number of nitrogens with zero attached hydrogens (tertiary/aromatic N) is 1. The number of carbonyl (C=O) groups excluding carboxylic acids is 1. The number of amides is 1. The van der Waals surface area contributed by atoms with E-state index < -0.39 is 0 Å². The molecule has 1 aliphatic rings. The summed E-state index contributed by atoms with van der Waals surface area (Å²) < 4.78 is 12.9. The van der Waals surface area contributed by atoms with Gasteiger partial charge in [-0.15, -0.1) is 0 Å². The molecule has 3 nitrogen and oxygen atoms in total. The van der Waals surface area contributed by atoms with E-state index in [0.29, 0.717) is 6.54 Å². The van der Waals surface area contributed by atoms with Gasteiger partial charge in [0.05, 0.1) is 13.0 Å². The lowest BCUT2D eigenvalue weighted by molar-refractivity contribution is -0.139. The third kappa shape index (κ3) is 2.09. The van der Waals surface area contributed by atoms with Crippen LogP contribution >= 0.6 is 0 Å². The average Bonchev–Trinajstić information content (AvgIpc) is 2.36. The first-order valence-electron chi connectivity index (χ1n) is 6.86. The Hall–Kier alpha value is -1.51. The molecular weight excluding hydrogens is 226 g/mol. The summed E-state index contributed by atoms with van der Waals surface area (Å²) in [5, 5.41) is 0. The van der Waals surface area contributed by atoms with Crippen LogP contribution in [0.25, 0.3) is 0 Å². The molecule has 2 rings (SSSR count). The van der Waals surface area contributed by atoms with Gasteiger partial charge in [-0.2, -0.15) is 0 Å². The van der Waals surface area contributed by atoms with Crippen molar-refractivity contribution in [3.05, 3.63) is 29.3 Å². The highest BCUT2D eigenvalue weighted by Crippen LogP contribution is 2.34. The summed E-state index contributed by atoms with van der Waals surface area (Å²) >= 11 is 0. The van der Waals surface area contributed by atoms with Gasteiger partial charge in [-0.1, -0.05) is 6.07 Å². The highest BCUT2D eigenvalue weighted by molar-refractivity contribution is 5.86. The van der Waals surface area contributed by atoms with Crippen LogP contribution < -0.4 is 4.74 Å². The minimum absolute atomic E-state index is 0.0557. The van der Waals surface area contributed by atoms with Gasteiger partial charge in [-0.05, 0) is 50.9 Å². The molecule has 3 heteroatoms. The number of hydrogen-bond acceptors (Lipinski definition) is 2. The lowest BCUT2D eigenvalue weighted by Crippen LogP contribution is -2.49. The highest BCUT2D eigenvalue weighted by atomic mass is 16.5. The molecule has 1 aromatic carbocycles. The summed E-state index contributed by atoms with van der Waals surface area (Å²) in [6.07, 6.45) is 0. The van der Waals surface area contributed by atoms with Gasteiger partial charge in [0.15, 0.2) is 0 Å². The molecule has 1 aromatic rings. The van der Waals surface area contributed by atoms with E-state index in [-0.39, 0.29) is 24.3 Å². The van der Waals surface area contributed by atoms with Crippen LogP contribution in [0, 0.1) is 0 Å². The smallest absolute Gasteiger partial charge is 0.230 e. The molecule has 1 aliphatic heterocycles. The first kappa shape index (κ1) is 11.6. The molecule has 0 N–H and O–H groups in total. The van der Waals surface area contributed by atoms with Crippen LogP contribution in [-0.2, 0) is 11.3 Å². The number of carbonyl (C=O) groups is 1. The van der Waals surface area contributed by atoms with Gasteiger partial charge in [0, 0.05) is 13.5 Å². The second kappa shape index (κ2) is 4.30. The van der Waals surface area contributed by atoms with Crippen LogP contribution in [0.3, 0.4) is 0 Å². The Morgan fingerprint density at radius 2 is 2.17 bits per heavy atom. The van der Waals surface area contributed by atoms with Crippen molar-refractivity contribution in [2.24, 2.45) is 0 Å². The van der Waals surface area contributed by atoms with Gasteiger partial charge in [0.25, 0.3) is 0 Å². The van der Waals surface area contributed by atoms with Crippen LogP contribution in [0.2, 0.25) is 0 Å². The Morgan fingerprint density at radius 1 is 1.44 bits per heavy atom. The summed E-state index contributed by atoms with van der Waals surface area (Å²) in [5.41, 5.74) is 1.83. The standard InChI is InChI=1S/C15H21NO2/c1-10-13-7-6-12(18-5)8-11(13)9-16(14(10)17)15(2,3)4/h6-8,10H,9H2,1-5H3/i1D. The fourth-order valence-corrected chi connectivity index (χ4v) is 2.32. The van der Waals surface area contributed by atoms with Crippen molar-refractivity contribution in [2.45, 2.75) is 45.7 Å². The van der Waals surface area contributed by atoms with Crippen molar-refractivity contribution in [1.29, 1.82) is 0 Å². The third-order valence-corrected chi connectivity index (χ3v) is 3.43. The summed E-state index contributed by atoms with van der Waals surface area (Å²) in [7, 11) is 1.64. The maximum absolute atomic E-state index is 12.5.